The first kappa shape index (κ1) is 15.8. The second-order valence-electron chi connectivity index (χ2n) is 6.75. The Bertz CT molecular complexity index is 793. The van der Waals surface area contributed by atoms with Crippen molar-refractivity contribution < 1.29 is 14.3 Å². The summed E-state index contributed by atoms with van der Waals surface area (Å²) >= 11 is 0. The third-order valence-electron chi connectivity index (χ3n) is 5.09. The summed E-state index contributed by atoms with van der Waals surface area (Å²) in [4.78, 5) is 14.5. The first-order valence-corrected chi connectivity index (χ1v) is 8.59. The number of hydrogen-bond acceptors (Lipinski definition) is 3. The van der Waals surface area contributed by atoms with Gasteiger partial charge in [-0.25, -0.2) is 4.79 Å². The number of rotatable bonds is 4. The van der Waals surface area contributed by atoms with E-state index in [0.29, 0.717) is 18.7 Å². The van der Waals surface area contributed by atoms with E-state index in [1.807, 2.05) is 43.3 Å². The normalized spacial score (nSPS) is 24.2. The molecule has 2 aliphatic heterocycles. The van der Waals surface area contributed by atoms with Gasteiger partial charge in [-0.15, -0.1) is 0 Å². The number of urea groups is 1. The van der Waals surface area contributed by atoms with Gasteiger partial charge in [0.05, 0.1) is 13.2 Å². The van der Waals surface area contributed by atoms with Gasteiger partial charge >= 0.3 is 6.03 Å². The number of amides is 2. The lowest BCUT2D eigenvalue weighted by molar-refractivity contribution is -0.0845. The second kappa shape index (κ2) is 5.99. The molecule has 4 rings (SSSR count). The van der Waals surface area contributed by atoms with E-state index in [1.54, 1.807) is 12.0 Å². The van der Waals surface area contributed by atoms with Crippen LogP contribution in [0.4, 0.5) is 4.79 Å². The van der Waals surface area contributed by atoms with Crippen molar-refractivity contribution in [1.82, 2.24) is 10.2 Å². The molecule has 1 fully saturated rings. The van der Waals surface area contributed by atoms with Crippen molar-refractivity contribution >= 4 is 6.03 Å². The number of ether oxygens (including phenoxy) is 2. The summed E-state index contributed by atoms with van der Waals surface area (Å²) in [6, 6.07) is 15.9. The van der Waals surface area contributed by atoms with Crippen molar-refractivity contribution in [3.05, 3.63) is 59.7 Å². The summed E-state index contributed by atoms with van der Waals surface area (Å²) < 4.78 is 11.8. The Morgan fingerprint density at radius 1 is 1.24 bits per heavy atom. The summed E-state index contributed by atoms with van der Waals surface area (Å²) in [7, 11) is 1.64. The zero-order valence-electron chi connectivity index (χ0n) is 14.5. The molecule has 0 unspecified atom stereocenters. The largest absolute Gasteiger partial charge is 0.493 e. The third-order valence-corrected chi connectivity index (χ3v) is 5.09. The number of carbonyl (C=O) groups is 1. The average molecular weight is 338 g/mol. The zero-order valence-corrected chi connectivity index (χ0v) is 14.5. The van der Waals surface area contributed by atoms with Crippen molar-refractivity contribution in [2.45, 2.75) is 31.5 Å². The number of para-hydroxylation sites is 1. The van der Waals surface area contributed by atoms with Crippen LogP contribution in [-0.2, 0) is 6.42 Å². The van der Waals surface area contributed by atoms with Gasteiger partial charge in [0.15, 0.2) is 17.2 Å². The Balaban J connectivity index is 1.62. The van der Waals surface area contributed by atoms with E-state index in [9.17, 15) is 4.79 Å². The smallest absolute Gasteiger partial charge is 0.320 e. The van der Waals surface area contributed by atoms with Crippen molar-refractivity contribution in [2.75, 3.05) is 13.7 Å². The molecule has 0 aliphatic carbocycles. The molecule has 25 heavy (non-hydrogen) atoms. The molecule has 2 heterocycles. The second-order valence-corrected chi connectivity index (χ2v) is 6.75. The van der Waals surface area contributed by atoms with E-state index >= 15 is 0 Å². The maximum Gasteiger partial charge on any atom is 0.320 e. The summed E-state index contributed by atoms with van der Waals surface area (Å²) in [6.07, 6.45) is 1.50. The molecule has 5 heteroatoms. The molecule has 2 amide bonds. The van der Waals surface area contributed by atoms with Crippen LogP contribution in [0.2, 0.25) is 0 Å². The number of carbonyl (C=O) groups excluding carboxylic acids is 1. The number of hydrogen-bond donors (Lipinski definition) is 1. The number of nitrogens with one attached hydrogen (secondary N) is 1. The van der Waals surface area contributed by atoms with Gasteiger partial charge in [-0.3, -0.25) is 4.90 Å². The lowest BCUT2D eigenvalue weighted by atomic mass is 9.90. The van der Waals surface area contributed by atoms with E-state index in [1.165, 1.54) is 5.56 Å². The number of benzene rings is 2. The maximum atomic E-state index is 12.7. The Hall–Kier alpha value is -2.69. The molecule has 0 aromatic heterocycles. The van der Waals surface area contributed by atoms with Crippen molar-refractivity contribution in [1.29, 1.82) is 0 Å². The van der Waals surface area contributed by atoms with Gasteiger partial charge in [0.2, 0.25) is 0 Å². The van der Waals surface area contributed by atoms with Crippen LogP contribution in [0.25, 0.3) is 0 Å². The van der Waals surface area contributed by atoms with Crippen molar-refractivity contribution in [2.24, 2.45) is 0 Å². The lowest BCUT2D eigenvalue weighted by Gasteiger charge is -2.51. The molecule has 2 aliphatic rings. The van der Waals surface area contributed by atoms with E-state index in [4.69, 9.17) is 9.47 Å². The lowest BCUT2D eigenvalue weighted by Crippen LogP contribution is -2.65. The van der Waals surface area contributed by atoms with Crippen LogP contribution < -0.4 is 14.8 Å². The highest BCUT2D eigenvalue weighted by Gasteiger charge is 2.49. The Morgan fingerprint density at radius 2 is 2.04 bits per heavy atom. The topological polar surface area (TPSA) is 50.8 Å². The molecule has 2 aromatic rings. The van der Waals surface area contributed by atoms with Gasteiger partial charge in [-0.1, -0.05) is 42.5 Å². The molecule has 0 spiro atoms. The Morgan fingerprint density at radius 3 is 2.80 bits per heavy atom. The van der Waals surface area contributed by atoms with Crippen molar-refractivity contribution in [3.63, 3.8) is 0 Å². The van der Waals surface area contributed by atoms with Crippen LogP contribution in [0.1, 0.15) is 30.5 Å². The van der Waals surface area contributed by atoms with E-state index in [2.05, 4.69) is 17.4 Å². The molecule has 0 saturated carbocycles. The fourth-order valence-electron chi connectivity index (χ4n) is 3.79. The van der Waals surface area contributed by atoms with Crippen LogP contribution >= 0.6 is 0 Å². The van der Waals surface area contributed by atoms with Crippen LogP contribution in [0.5, 0.6) is 11.5 Å². The van der Waals surface area contributed by atoms with E-state index < -0.39 is 5.72 Å². The van der Waals surface area contributed by atoms with E-state index in [0.717, 1.165) is 17.7 Å². The minimum Gasteiger partial charge on any atom is -0.493 e. The molecule has 0 radical (unpaired) electrons. The van der Waals surface area contributed by atoms with Crippen LogP contribution in [0.3, 0.4) is 0 Å². The fraction of sp³-hybridized carbons (Fsp3) is 0.350. The molecule has 2 aromatic carbocycles. The first-order valence-electron chi connectivity index (χ1n) is 8.59. The number of fused-ring (bicyclic) bond motifs is 4. The van der Waals surface area contributed by atoms with Crippen LogP contribution in [0, 0.1) is 0 Å². The number of methoxy groups -OCH3 is 1. The SMILES string of the molecule is COc1cccc2c1O[C@]1(C)C[C@H]2NC(=O)N1CCc1ccccc1. The first-order chi connectivity index (χ1) is 12.1. The minimum atomic E-state index is -0.677. The zero-order chi connectivity index (χ0) is 17.4. The molecular formula is C20H22N2O3. The number of nitrogens with zero attached hydrogens (tertiary/aromatic N) is 1. The molecular weight excluding hydrogens is 316 g/mol. The minimum absolute atomic E-state index is 0.0516. The highest BCUT2D eigenvalue weighted by molar-refractivity contribution is 5.77. The Labute approximate surface area is 147 Å². The van der Waals surface area contributed by atoms with Gasteiger partial charge < -0.3 is 14.8 Å². The predicted octanol–water partition coefficient (Wildman–Crippen LogP) is 3.50. The monoisotopic (exact) mass is 338 g/mol. The highest BCUT2D eigenvalue weighted by atomic mass is 16.5. The fourth-order valence-corrected chi connectivity index (χ4v) is 3.79. The third kappa shape index (κ3) is 2.69. The summed E-state index contributed by atoms with van der Waals surface area (Å²) in [5, 5.41) is 3.12. The molecule has 2 bridgehead atoms. The molecule has 1 N–H and O–H groups in total. The Kier molecular flexibility index (Phi) is 3.79. The summed E-state index contributed by atoms with van der Waals surface area (Å²) in [5.74, 6) is 1.43. The standard InChI is InChI=1S/C20H22N2O3/c1-20-13-16(15-9-6-10-17(24-2)18(15)25-20)21-19(23)22(20)12-11-14-7-4-3-5-8-14/h3-10,16H,11-13H2,1-2H3,(H,21,23)/t16-,20-/m1/s1. The summed E-state index contributed by atoms with van der Waals surface area (Å²) in [5.41, 5.74) is 1.51. The quantitative estimate of drug-likeness (QED) is 0.928. The molecule has 1 saturated heterocycles. The van der Waals surface area contributed by atoms with Crippen LogP contribution in [0.15, 0.2) is 48.5 Å². The molecule has 2 atom stereocenters. The van der Waals surface area contributed by atoms with Gasteiger partial charge in [0.25, 0.3) is 0 Å². The van der Waals surface area contributed by atoms with Crippen molar-refractivity contribution in [3.8, 4) is 11.5 Å². The average Bonchev–Trinajstić information content (AvgIpc) is 2.61. The van der Waals surface area contributed by atoms with Gasteiger partial charge in [-0.05, 0) is 25.0 Å². The van der Waals surface area contributed by atoms with Crippen LogP contribution in [-0.4, -0.2) is 30.3 Å². The highest BCUT2D eigenvalue weighted by Crippen LogP contribution is 2.47. The molecule has 5 nitrogen and oxygen atoms in total. The van der Waals surface area contributed by atoms with E-state index in [-0.39, 0.29) is 12.1 Å². The maximum absolute atomic E-state index is 12.7. The van der Waals surface area contributed by atoms with Gasteiger partial charge in [0, 0.05) is 18.5 Å². The summed E-state index contributed by atoms with van der Waals surface area (Å²) in [6.45, 7) is 2.59. The molecule has 130 valence electrons. The van der Waals surface area contributed by atoms with Gasteiger partial charge in [0.1, 0.15) is 0 Å². The van der Waals surface area contributed by atoms with Gasteiger partial charge in [-0.2, -0.15) is 0 Å². The predicted molar refractivity (Wildman–Crippen MR) is 94.8 cm³/mol.